The SMILES string of the molecule is C[C@H]1CN(Cc2cccc(CNC(=O)CN3CCCCCC3=O)c2)CCO1. The first-order chi connectivity index (χ1) is 13.1. The van der Waals surface area contributed by atoms with Crippen LogP contribution in [0.5, 0.6) is 0 Å². The van der Waals surface area contributed by atoms with E-state index in [2.05, 4.69) is 29.3 Å². The van der Waals surface area contributed by atoms with Gasteiger partial charge in [-0.25, -0.2) is 0 Å². The molecule has 6 nitrogen and oxygen atoms in total. The second-order valence-electron chi connectivity index (χ2n) is 7.64. The van der Waals surface area contributed by atoms with Gasteiger partial charge in [-0.1, -0.05) is 30.7 Å². The van der Waals surface area contributed by atoms with Crippen LogP contribution in [0.2, 0.25) is 0 Å². The van der Waals surface area contributed by atoms with E-state index < -0.39 is 0 Å². The first-order valence-corrected chi connectivity index (χ1v) is 10.1. The number of nitrogens with zero attached hydrogens (tertiary/aromatic N) is 2. The Morgan fingerprint density at radius 3 is 2.93 bits per heavy atom. The third kappa shape index (κ3) is 6.33. The monoisotopic (exact) mass is 373 g/mol. The summed E-state index contributed by atoms with van der Waals surface area (Å²) >= 11 is 0. The van der Waals surface area contributed by atoms with E-state index in [9.17, 15) is 9.59 Å². The number of rotatable bonds is 6. The molecule has 0 bridgehead atoms. The minimum atomic E-state index is -0.0855. The Hall–Kier alpha value is -1.92. The quantitative estimate of drug-likeness (QED) is 0.828. The lowest BCUT2D eigenvalue weighted by Crippen LogP contribution is -2.40. The minimum absolute atomic E-state index is 0.0855. The van der Waals surface area contributed by atoms with Crippen molar-refractivity contribution >= 4 is 11.8 Å². The predicted molar refractivity (Wildman–Crippen MR) is 104 cm³/mol. The Balaban J connectivity index is 1.47. The summed E-state index contributed by atoms with van der Waals surface area (Å²) in [6, 6.07) is 8.35. The molecule has 1 aromatic rings. The first-order valence-electron chi connectivity index (χ1n) is 10.1. The van der Waals surface area contributed by atoms with E-state index >= 15 is 0 Å². The normalized spacial score (nSPS) is 21.7. The Kier molecular flexibility index (Phi) is 7.24. The second-order valence-corrected chi connectivity index (χ2v) is 7.64. The molecule has 2 aliphatic heterocycles. The van der Waals surface area contributed by atoms with E-state index in [1.54, 1.807) is 4.90 Å². The minimum Gasteiger partial charge on any atom is -0.376 e. The van der Waals surface area contributed by atoms with Crippen molar-refractivity contribution < 1.29 is 14.3 Å². The van der Waals surface area contributed by atoms with Crippen molar-refractivity contribution in [3.63, 3.8) is 0 Å². The molecular formula is C21H31N3O3. The standard InChI is InChI=1S/C21H31N3O3/c1-17-14-23(10-11-27-17)15-19-7-5-6-18(12-19)13-22-20(25)16-24-9-4-2-3-8-21(24)26/h5-7,12,17H,2-4,8-11,13-16H2,1H3,(H,22,25)/t17-/m0/s1. The second kappa shape index (κ2) is 9.85. The zero-order valence-corrected chi connectivity index (χ0v) is 16.3. The van der Waals surface area contributed by atoms with Crippen molar-refractivity contribution in [2.24, 2.45) is 0 Å². The zero-order chi connectivity index (χ0) is 19.1. The lowest BCUT2D eigenvalue weighted by Gasteiger charge is -2.31. The molecule has 2 aliphatic rings. The summed E-state index contributed by atoms with van der Waals surface area (Å²) in [4.78, 5) is 28.4. The van der Waals surface area contributed by atoms with Crippen LogP contribution in [0.3, 0.4) is 0 Å². The number of morpholine rings is 1. The third-order valence-electron chi connectivity index (χ3n) is 5.22. The van der Waals surface area contributed by atoms with Gasteiger partial charge in [0.15, 0.2) is 0 Å². The molecule has 0 saturated carbocycles. The third-order valence-corrected chi connectivity index (χ3v) is 5.22. The maximum Gasteiger partial charge on any atom is 0.239 e. The number of hydrogen-bond donors (Lipinski definition) is 1. The number of carbonyl (C=O) groups is 2. The predicted octanol–water partition coefficient (Wildman–Crippen LogP) is 1.93. The van der Waals surface area contributed by atoms with Crippen LogP contribution in [0.1, 0.15) is 43.7 Å². The summed E-state index contributed by atoms with van der Waals surface area (Å²) in [5.41, 5.74) is 2.34. The van der Waals surface area contributed by atoms with E-state index in [4.69, 9.17) is 4.74 Å². The molecule has 148 valence electrons. The van der Waals surface area contributed by atoms with Crippen molar-refractivity contribution in [1.29, 1.82) is 0 Å². The van der Waals surface area contributed by atoms with E-state index in [-0.39, 0.29) is 24.5 Å². The summed E-state index contributed by atoms with van der Waals surface area (Å²) in [6.07, 6.45) is 3.84. The maximum atomic E-state index is 12.3. The smallest absolute Gasteiger partial charge is 0.239 e. The van der Waals surface area contributed by atoms with Crippen LogP contribution in [0, 0.1) is 0 Å². The summed E-state index contributed by atoms with van der Waals surface area (Å²) in [6.45, 7) is 7.05. The molecular weight excluding hydrogens is 342 g/mol. The van der Waals surface area contributed by atoms with Crippen LogP contribution in [-0.4, -0.2) is 60.5 Å². The number of likely N-dealkylation sites (tertiary alicyclic amines) is 1. The molecule has 0 radical (unpaired) electrons. The van der Waals surface area contributed by atoms with Crippen molar-refractivity contribution in [3.8, 4) is 0 Å². The topological polar surface area (TPSA) is 61.9 Å². The van der Waals surface area contributed by atoms with Crippen LogP contribution < -0.4 is 5.32 Å². The van der Waals surface area contributed by atoms with Gasteiger partial charge in [0.05, 0.1) is 19.3 Å². The molecule has 2 heterocycles. The number of nitrogens with one attached hydrogen (secondary N) is 1. The largest absolute Gasteiger partial charge is 0.376 e. The van der Waals surface area contributed by atoms with E-state index in [1.807, 2.05) is 12.1 Å². The highest BCUT2D eigenvalue weighted by Crippen LogP contribution is 2.13. The number of ether oxygens (including phenoxy) is 1. The Bertz CT molecular complexity index is 649. The number of benzene rings is 1. The maximum absolute atomic E-state index is 12.3. The van der Waals surface area contributed by atoms with Crippen LogP contribution >= 0.6 is 0 Å². The van der Waals surface area contributed by atoms with Gasteiger partial charge in [-0.15, -0.1) is 0 Å². The molecule has 0 aliphatic carbocycles. The van der Waals surface area contributed by atoms with Gasteiger partial charge in [0.2, 0.25) is 11.8 Å². The highest BCUT2D eigenvalue weighted by Gasteiger charge is 2.19. The fourth-order valence-electron chi connectivity index (χ4n) is 3.77. The Morgan fingerprint density at radius 1 is 1.22 bits per heavy atom. The highest BCUT2D eigenvalue weighted by atomic mass is 16.5. The van der Waals surface area contributed by atoms with Gasteiger partial charge < -0.3 is 15.0 Å². The average Bonchev–Trinajstić information content (AvgIpc) is 2.85. The summed E-state index contributed by atoms with van der Waals surface area (Å²) in [5.74, 6) is 0.0158. The van der Waals surface area contributed by atoms with Gasteiger partial charge in [-0.05, 0) is 30.9 Å². The van der Waals surface area contributed by atoms with Crippen LogP contribution in [0.15, 0.2) is 24.3 Å². The lowest BCUT2D eigenvalue weighted by molar-refractivity contribution is -0.135. The highest BCUT2D eigenvalue weighted by molar-refractivity contribution is 5.84. The van der Waals surface area contributed by atoms with E-state index in [0.29, 0.717) is 19.5 Å². The molecule has 0 spiro atoms. The van der Waals surface area contributed by atoms with E-state index in [1.165, 1.54) is 5.56 Å². The van der Waals surface area contributed by atoms with Gasteiger partial charge in [-0.2, -0.15) is 0 Å². The van der Waals surface area contributed by atoms with Crippen molar-refractivity contribution in [2.45, 2.75) is 51.8 Å². The molecule has 1 atom stereocenters. The molecule has 27 heavy (non-hydrogen) atoms. The fraction of sp³-hybridized carbons (Fsp3) is 0.619. The van der Waals surface area contributed by atoms with E-state index in [0.717, 1.165) is 51.1 Å². The molecule has 2 saturated heterocycles. The molecule has 6 heteroatoms. The van der Waals surface area contributed by atoms with Gasteiger partial charge in [-0.3, -0.25) is 14.5 Å². The molecule has 1 aromatic carbocycles. The van der Waals surface area contributed by atoms with Crippen molar-refractivity contribution in [2.75, 3.05) is 32.8 Å². The van der Waals surface area contributed by atoms with Gasteiger partial charge in [0.25, 0.3) is 0 Å². The summed E-state index contributed by atoms with van der Waals surface area (Å²) in [5, 5.41) is 2.96. The van der Waals surface area contributed by atoms with Gasteiger partial charge in [0, 0.05) is 39.1 Å². The zero-order valence-electron chi connectivity index (χ0n) is 16.3. The van der Waals surface area contributed by atoms with Crippen LogP contribution in [0.25, 0.3) is 0 Å². The van der Waals surface area contributed by atoms with Crippen LogP contribution in [-0.2, 0) is 27.4 Å². The molecule has 1 N–H and O–H groups in total. The number of amides is 2. The van der Waals surface area contributed by atoms with Gasteiger partial charge >= 0.3 is 0 Å². The summed E-state index contributed by atoms with van der Waals surface area (Å²) < 4.78 is 5.59. The molecule has 3 rings (SSSR count). The molecule has 2 amide bonds. The lowest BCUT2D eigenvalue weighted by atomic mass is 10.1. The fourth-order valence-corrected chi connectivity index (χ4v) is 3.77. The number of carbonyl (C=O) groups excluding carboxylic acids is 2. The molecule has 2 fully saturated rings. The Labute approximate surface area is 161 Å². The summed E-state index contributed by atoms with van der Waals surface area (Å²) in [7, 11) is 0. The van der Waals surface area contributed by atoms with Crippen LogP contribution in [0.4, 0.5) is 0 Å². The average molecular weight is 373 g/mol. The molecule has 0 unspecified atom stereocenters. The Morgan fingerprint density at radius 2 is 2.07 bits per heavy atom. The first kappa shape index (κ1) is 19.8. The number of hydrogen-bond acceptors (Lipinski definition) is 4. The van der Waals surface area contributed by atoms with Crippen molar-refractivity contribution in [1.82, 2.24) is 15.1 Å². The molecule has 0 aromatic heterocycles. The van der Waals surface area contributed by atoms with Gasteiger partial charge in [0.1, 0.15) is 0 Å². The van der Waals surface area contributed by atoms with Crippen molar-refractivity contribution in [3.05, 3.63) is 35.4 Å².